The molecule has 0 fully saturated rings. The first-order valence-electron chi connectivity index (χ1n) is 9.05. The molecule has 0 aliphatic rings. The summed E-state index contributed by atoms with van der Waals surface area (Å²) in [7, 11) is 5.87. The van der Waals surface area contributed by atoms with Crippen molar-refractivity contribution in [2.45, 2.75) is 6.42 Å². The van der Waals surface area contributed by atoms with Gasteiger partial charge in [0.25, 0.3) is 0 Å². The molecule has 0 unspecified atom stereocenters. The zero-order valence-electron chi connectivity index (χ0n) is 17.6. The molecule has 2 aromatic rings. The van der Waals surface area contributed by atoms with Gasteiger partial charge in [0, 0.05) is 30.7 Å². The Kier molecular flexibility index (Phi) is 8.91. The molecule has 0 N–H and O–H groups in total. The lowest BCUT2D eigenvalue weighted by Gasteiger charge is -2.16. The van der Waals surface area contributed by atoms with Crippen molar-refractivity contribution in [1.29, 1.82) is 0 Å². The molecule has 0 saturated heterocycles. The van der Waals surface area contributed by atoms with Gasteiger partial charge >= 0.3 is 0 Å². The fraction of sp³-hybridized carbons (Fsp3) is 0.333. The van der Waals surface area contributed by atoms with E-state index in [4.69, 9.17) is 28.4 Å². The molecule has 0 heterocycles. The van der Waals surface area contributed by atoms with E-state index in [2.05, 4.69) is 9.98 Å². The van der Waals surface area contributed by atoms with Crippen molar-refractivity contribution in [1.82, 2.24) is 0 Å². The summed E-state index contributed by atoms with van der Waals surface area (Å²) in [5, 5.41) is 0. The predicted molar refractivity (Wildman–Crippen MR) is 110 cm³/mol. The SMILES string of the molecule is COc1cc(N=C=O)cc(OC)c1OCCCOc1c(OC)cc(N=C=O)cc1OC. The number of hydrogen-bond acceptors (Lipinski definition) is 10. The Morgan fingerprint density at radius 2 is 0.968 bits per heavy atom. The summed E-state index contributed by atoms with van der Waals surface area (Å²) >= 11 is 0. The van der Waals surface area contributed by atoms with Crippen molar-refractivity contribution in [2.75, 3.05) is 41.7 Å². The van der Waals surface area contributed by atoms with Crippen molar-refractivity contribution in [3.8, 4) is 34.5 Å². The highest BCUT2D eigenvalue weighted by Gasteiger charge is 2.16. The highest BCUT2D eigenvalue weighted by Crippen LogP contribution is 2.42. The Balaban J connectivity index is 2.06. The molecule has 0 aromatic heterocycles. The highest BCUT2D eigenvalue weighted by atomic mass is 16.5. The van der Waals surface area contributed by atoms with Crippen molar-refractivity contribution < 1.29 is 38.0 Å². The minimum absolute atomic E-state index is 0.279. The lowest BCUT2D eigenvalue weighted by atomic mass is 10.2. The molecule has 0 aliphatic heterocycles. The first-order chi connectivity index (χ1) is 15.1. The number of benzene rings is 2. The van der Waals surface area contributed by atoms with Crippen LogP contribution in [0.15, 0.2) is 34.3 Å². The summed E-state index contributed by atoms with van der Waals surface area (Å²) in [6, 6.07) is 6.16. The number of nitrogens with zero attached hydrogens (tertiary/aromatic N) is 2. The molecular formula is C21H22N2O8. The molecule has 0 saturated carbocycles. The molecule has 10 heteroatoms. The molecule has 0 bridgehead atoms. The van der Waals surface area contributed by atoms with E-state index in [1.54, 1.807) is 24.3 Å². The second kappa shape index (κ2) is 11.9. The average molecular weight is 430 g/mol. The van der Waals surface area contributed by atoms with Crippen molar-refractivity contribution in [3.05, 3.63) is 24.3 Å². The Morgan fingerprint density at radius 3 is 1.23 bits per heavy atom. The van der Waals surface area contributed by atoms with Crippen LogP contribution in [0.4, 0.5) is 11.4 Å². The maximum Gasteiger partial charge on any atom is 0.240 e. The maximum absolute atomic E-state index is 10.5. The van der Waals surface area contributed by atoms with Crippen LogP contribution in [-0.4, -0.2) is 53.8 Å². The quantitative estimate of drug-likeness (QED) is 0.286. The Morgan fingerprint density at radius 1 is 0.645 bits per heavy atom. The topological polar surface area (TPSA) is 114 Å². The van der Waals surface area contributed by atoms with Crippen molar-refractivity contribution in [3.63, 3.8) is 0 Å². The molecule has 0 amide bonds. The van der Waals surface area contributed by atoms with Crippen molar-refractivity contribution >= 4 is 23.5 Å². The molecule has 164 valence electrons. The number of carbonyl (C=O) groups excluding carboxylic acids is 2. The number of aliphatic imine (C=N–C) groups is 2. The molecule has 0 atom stereocenters. The summed E-state index contributed by atoms with van der Waals surface area (Å²) in [4.78, 5) is 28.1. The summed E-state index contributed by atoms with van der Waals surface area (Å²) in [6.45, 7) is 0.558. The Labute approximate surface area is 179 Å². The molecule has 2 aromatic carbocycles. The third-order valence-electron chi connectivity index (χ3n) is 4.02. The number of hydrogen-bond donors (Lipinski definition) is 0. The van der Waals surface area contributed by atoms with Gasteiger partial charge < -0.3 is 28.4 Å². The molecule has 2 rings (SSSR count). The molecule has 31 heavy (non-hydrogen) atoms. The average Bonchev–Trinajstić information content (AvgIpc) is 2.79. The van der Waals surface area contributed by atoms with Crippen LogP contribution < -0.4 is 28.4 Å². The summed E-state index contributed by atoms with van der Waals surface area (Å²) in [5.41, 5.74) is 0.668. The molecule has 10 nitrogen and oxygen atoms in total. The van der Waals surface area contributed by atoms with Gasteiger partial charge in [-0.15, -0.1) is 0 Å². The van der Waals surface area contributed by atoms with Crippen LogP contribution >= 0.6 is 0 Å². The minimum atomic E-state index is 0.279. The molecule has 0 spiro atoms. The minimum Gasteiger partial charge on any atom is -0.493 e. The highest BCUT2D eigenvalue weighted by molar-refractivity contribution is 5.63. The number of isocyanates is 2. The van der Waals surface area contributed by atoms with Gasteiger partial charge in [0.1, 0.15) is 0 Å². The fourth-order valence-electron chi connectivity index (χ4n) is 2.66. The summed E-state index contributed by atoms with van der Waals surface area (Å²) < 4.78 is 32.8. The number of ether oxygens (including phenoxy) is 6. The second-order valence-corrected chi connectivity index (χ2v) is 5.82. The van der Waals surface area contributed by atoms with Gasteiger partial charge in [-0.1, -0.05) is 0 Å². The van der Waals surface area contributed by atoms with Crippen LogP contribution in [-0.2, 0) is 9.59 Å². The first kappa shape index (κ1) is 23.3. The second-order valence-electron chi connectivity index (χ2n) is 5.82. The third kappa shape index (κ3) is 5.99. The van der Waals surface area contributed by atoms with Crippen LogP contribution in [0, 0.1) is 0 Å². The smallest absolute Gasteiger partial charge is 0.240 e. The standard InChI is InChI=1S/C21H22N2O8/c1-26-16-8-14(22-12-24)9-17(27-2)20(16)30-6-5-7-31-21-18(28-3)10-15(23-13-25)11-19(21)29-4/h8-11H,5-7H2,1-4H3. The lowest BCUT2D eigenvalue weighted by Crippen LogP contribution is -2.07. The molecule has 0 radical (unpaired) electrons. The first-order valence-corrected chi connectivity index (χ1v) is 9.05. The van der Waals surface area contributed by atoms with Gasteiger partial charge in [-0.25, -0.2) is 9.59 Å². The van der Waals surface area contributed by atoms with E-state index in [1.165, 1.54) is 40.6 Å². The summed E-state index contributed by atoms with van der Waals surface area (Å²) in [6.07, 6.45) is 3.44. The number of methoxy groups -OCH3 is 4. The van der Waals surface area contributed by atoms with Crippen LogP contribution in [0.1, 0.15) is 6.42 Å². The van der Waals surface area contributed by atoms with Crippen LogP contribution in [0.3, 0.4) is 0 Å². The van der Waals surface area contributed by atoms with E-state index in [9.17, 15) is 9.59 Å². The van der Waals surface area contributed by atoms with Crippen LogP contribution in [0.5, 0.6) is 34.5 Å². The lowest BCUT2D eigenvalue weighted by molar-refractivity contribution is 0.222. The van der Waals surface area contributed by atoms with Gasteiger partial charge in [-0.3, -0.25) is 0 Å². The Hall–Kier alpha value is -4.00. The van der Waals surface area contributed by atoms with Gasteiger partial charge in [0.15, 0.2) is 23.0 Å². The van der Waals surface area contributed by atoms with Crippen LogP contribution in [0.25, 0.3) is 0 Å². The summed E-state index contributed by atoms with van der Waals surface area (Å²) in [5.74, 6) is 2.21. The zero-order chi connectivity index (χ0) is 22.6. The monoisotopic (exact) mass is 430 g/mol. The normalized spacial score (nSPS) is 9.68. The van der Waals surface area contributed by atoms with E-state index in [1.807, 2.05) is 0 Å². The van der Waals surface area contributed by atoms with E-state index >= 15 is 0 Å². The largest absolute Gasteiger partial charge is 0.493 e. The Bertz CT molecular complexity index is 865. The number of rotatable bonds is 12. The van der Waals surface area contributed by atoms with Gasteiger partial charge in [-0.2, -0.15) is 9.98 Å². The van der Waals surface area contributed by atoms with Gasteiger partial charge in [0.2, 0.25) is 23.7 Å². The van der Waals surface area contributed by atoms with E-state index in [0.717, 1.165) is 0 Å². The zero-order valence-corrected chi connectivity index (χ0v) is 17.6. The maximum atomic E-state index is 10.5. The predicted octanol–water partition coefficient (Wildman–Crippen LogP) is 3.50. The fourth-order valence-corrected chi connectivity index (χ4v) is 2.66. The van der Waals surface area contributed by atoms with E-state index in [0.29, 0.717) is 52.3 Å². The van der Waals surface area contributed by atoms with Crippen LogP contribution in [0.2, 0.25) is 0 Å². The van der Waals surface area contributed by atoms with E-state index in [-0.39, 0.29) is 13.2 Å². The van der Waals surface area contributed by atoms with Crippen molar-refractivity contribution in [2.24, 2.45) is 9.98 Å². The van der Waals surface area contributed by atoms with Gasteiger partial charge in [-0.05, 0) is 0 Å². The molecular weight excluding hydrogens is 408 g/mol. The molecule has 0 aliphatic carbocycles. The van der Waals surface area contributed by atoms with E-state index < -0.39 is 0 Å². The van der Waals surface area contributed by atoms with Gasteiger partial charge in [0.05, 0.1) is 53.0 Å². The third-order valence-corrected chi connectivity index (χ3v) is 4.02.